The minimum absolute atomic E-state index is 0.434. The summed E-state index contributed by atoms with van der Waals surface area (Å²) < 4.78 is 5.80. The molecule has 1 saturated carbocycles. The van der Waals surface area contributed by atoms with Crippen LogP contribution in [0, 0.1) is 0 Å². The molecule has 29 heavy (non-hydrogen) atoms. The number of benzene rings is 2. The molecule has 1 aromatic heterocycles. The molecule has 0 saturated heterocycles. The monoisotopic (exact) mass is 388 g/mol. The lowest BCUT2D eigenvalue weighted by atomic mass is 9.80. The first-order valence-corrected chi connectivity index (χ1v) is 10.3. The summed E-state index contributed by atoms with van der Waals surface area (Å²) in [5.41, 5.74) is 2.31. The molecule has 1 aliphatic carbocycles. The Labute approximate surface area is 172 Å². The van der Waals surface area contributed by atoms with E-state index in [4.69, 9.17) is 4.74 Å². The summed E-state index contributed by atoms with van der Waals surface area (Å²) in [7, 11) is 0. The van der Waals surface area contributed by atoms with Gasteiger partial charge in [0.25, 0.3) is 0 Å². The van der Waals surface area contributed by atoms with Crippen molar-refractivity contribution < 1.29 is 9.84 Å². The normalized spacial score (nSPS) is 21.6. The van der Waals surface area contributed by atoms with Crippen LogP contribution in [0.2, 0.25) is 0 Å². The summed E-state index contributed by atoms with van der Waals surface area (Å²) in [6, 6.07) is 24.7. The molecule has 150 valence electrons. The third kappa shape index (κ3) is 5.22. The topological polar surface area (TPSA) is 54.4 Å². The lowest BCUT2D eigenvalue weighted by Gasteiger charge is -2.36. The molecule has 0 amide bonds. The lowest BCUT2D eigenvalue weighted by Crippen LogP contribution is -2.40. The van der Waals surface area contributed by atoms with E-state index >= 15 is 0 Å². The molecule has 0 aliphatic heterocycles. The average Bonchev–Trinajstić information content (AvgIpc) is 2.79. The fraction of sp³-hybridized carbons (Fsp3) is 0.320. The second-order valence-corrected chi connectivity index (χ2v) is 7.83. The van der Waals surface area contributed by atoms with Crippen LogP contribution in [0.4, 0.5) is 0 Å². The van der Waals surface area contributed by atoms with Gasteiger partial charge < -0.3 is 15.2 Å². The Hall–Kier alpha value is -2.69. The largest absolute Gasteiger partial charge is 0.487 e. The molecule has 4 heteroatoms. The molecular weight excluding hydrogens is 360 g/mol. The minimum Gasteiger partial charge on any atom is -0.487 e. The van der Waals surface area contributed by atoms with Gasteiger partial charge in [-0.25, -0.2) is 0 Å². The molecule has 4 nitrogen and oxygen atoms in total. The molecule has 1 heterocycles. The zero-order chi connectivity index (χ0) is 19.9. The van der Waals surface area contributed by atoms with Gasteiger partial charge >= 0.3 is 0 Å². The highest BCUT2D eigenvalue weighted by molar-refractivity contribution is 5.24. The van der Waals surface area contributed by atoms with Crippen molar-refractivity contribution >= 4 is 0 Å². The van der Waals surface area contributed by atoms with Gasteiger partial charge in [0, 0.05) is 12.6 Å². The van der Waals surface area contributed by atoms with Gasteiger partial charge in [-0.05, 0) is 48.9 Å². The molecule has 2 aromatic carbocycles. The fourth-order valence-corrected chi connectivity index (χ4v) is 3.90. The second-order valence-electron chi connectivity index (χ2n) is 7.83. The first-order valence-electron chi connectivity index (χ1n) is 10.3. The second kappa shape index (κ2) is 9.21. The Bertz CT molecular complexity index is 874. The van der Waals surface area contributed by atoms with Gasteiger partial charge in [-0.15, -0.1) is 0 Å². The van der Waals surface area contributed by atoms with Crippen molar-refractivity contribution in [2.24, 2.45) is 0 Å². The molecule has 0 atom stereocenters. The quantitative estimate of drug-likeness (QED) is 0.622. The Kier molecular flexibility index (Phi) is 6.23. The van der Waals surface area contributed by atoms with Gasteiger partial charge in [0.15, 0.2) is 0 Å². The number of aliphatic hydroxyl groups is 1. The Morgan fingerprint density at radius 1 is 0.897 bits per heavy atom. The van der Waals surface area contributed by atoms with Gasteiger partial charge in [0.1, 0.15) is 18.0 Å². The van der Waals surface area contributed by atoms with Crippen LogP contribution in [-0.2, 0) is 18.8 Å². The van der Waals surface area contributed by atoms with E-state index in [9.17, 15) is 5.11 Å². The van der Waals surface area contributed by atoms with Crippen LogP contribution in [0.15, 0.2) is 79.0 Å². The van der Waals surface area contributed by atoms with E-state index in [0.717, 1.165) is 49.2 Å². The smallest absolute Gasteiger partial charge is 0.138 e. The summed E-state index contributed by atoms with van der Waals surface area (Å²) in [5, 5.41) is 14.7. The molecule has 0 bridgehead atoms. The molecule has 0 spiro atoms. The van der Waals surface area contributed by atoms with E-state index < -0.39 is 5.60 Å². The van der Waals surface area contributed by atoms with Crippen LogP contribution in [0.5, 0.6) is 5.75 Å². The molecule has 1 fully saturated rings. The first-order chi connectivity index (χ1) is 14.2. The molecule has 3 aromatic rings. The van der Waals surface area contributed by atoms with Crippen molar-refractivity contribution in [3.8, 4) is 5.75 Å². The van der Waals surface area contributed by atoms with Gasteiger partial charge in [-0.3, -0.25) is 4.98 Å². The maximum atomic E-state index is 11.1. The van der Waals surface area contributed by atoms with E-state index in [1.54, 1.807) is 6.20 Å². The van der Waals surface area contributed by atoms with Crippen LogP contribution < -0.4 is 10.1 Å². The third-order valence-electron chi connectivity index (χ3n) is 5.71. The highest BCUT2D eigenvalue weighted by atomic mass is 16.5. The summed E-state index contributed by atoms with van der Waals surface area (Å²) in [6.07, 6.45) is 5.04. The van der Waals surface area contributed by atoms with Crippen LogP contribution in [0.1, 0.15) is 42.5 Å². The van der Waals surface area contributed by atoms with Crippen molar-refractivity contribution in [2.45, 2.75) is 50.5 Å². The van der Waals surface area contributed by atoms with Crippen molar-refractivity contribution in [2.75, 3.05) is 0 Å². The highest BCUT2D eigenvalue weighted by Crippen LogP contribution is 2.36. The number of nitrogens with zero attached hydrogens (tertiary/aromatic N) is 1. The standard InChI is InChI=1S/C25H28N2O2/c28-25(15-13-22(14-16-25)26-17-20-7-3-1-4-8-20)24-12-11-23(18-27-24)29-19-21-9-5-2-6-10-21/h1-12,18,22,26,28H,13-17,19H2. The molecule has 0 unspecified atom stereocenters. The van der Waals surface area contributed by atoms with Gasteiger partial charge in [-0.1, -0.05) is 60.7 Å². The van der Waals surface area contributed by atoms with E-state index in [-0.39, 0.29) is 0 Å². The van der Waals surface area contributed by atoms with Crippen molar-refractivity contribution in [1.82, 2.24) is 10.3 Å². The van der Waals surface area contributed by atoms with Crippen LogP contribution in [0.3, 0.4) is 0 Å². The molecule has 4 rings (SSSR count). The minimum atomic E-state index is -0.844. The molecular formula is C25H28N2O2. The SMILES string of the molecule is OC1(c2ccc(OCc3ccccc3)cn2)CCC(NCc2ccccc2)CC1. The Balaban J connectivity index is 1.28. The molecule has 2 N–H and O–H groups in total. The Morgan fingerprint density at radius 3 is 2.17 bits per heavy atom. The summed E-state index contributed by atoms with van der Waals surface area (Å²) in [5.74, 6) is 0.722. The van der Waals surface area contributed by atoms with Gasteiger partial charge in [-0.2, -0.15) is 0 Å². The average molecular weight is 389 g/mol. The van der Waals surface area contributed by atoms with Gasteiger partial charge in [0.05, 0.1) is 11.9 Å². The van der Waals surface area contributed by atoms with Crippen molar-refractivity contribution in [1.29, 1.82) is 0 Å². The molecule has 1 aliphatic rings. The summed E-state index contributed by atoms with van der Waals surface area (Å²) in [4.78, 5) is 4.51. The number of hydrogen-bond donors (Lipinski definition) is 2. The van der Waals surface area contributed by atoms with E-state index in [2.05, 4.69) is 34.6 Å². The maximum absolute atomic E-state index is 11.1. The predicted octanol–water partition coefficient (Wildman–Crippen LogP) is 4.58. The zero-order valence-electron chi connectivity index (χ0n) is 16.6. The number of pyridine rings is 1. The Morgan fingerprint density at radius 2 is 1.55 bits per heavy atom. The number of nitrogens with one attached hydrogen (secondary N) is 1. The van der Waals surface area contributed by atoms with Crippen LogP contribution in [-0.4, -0.2) is 16.1 Å². The van der Waals surface area contributed by atoms with E-state index in [1.807, 2.05) is 48.5 Å². The maximum Gasteiger partial charge on any atom is 0.138 e. The van der Waals surface area contributed by atoms with E-state index in [1.165, 1.54) is 5.56 Å². The van der Waals surface area contributed by atoms with Crippen molar-refractivity contribution in [3.63, 3.8) is 0 Å². The lowest BCUT2D eigenvalue weighted by molar-refractivity contribution is -0.0124. The highest BCUT2D eigenvalue weighted by Gasteiger charge is 2.35. The third-order valence-corrected chi connectivity index (χ3v) is 5.71. The van der Waals surface area contributed by atoms with Crippen molar-refractivity contribution in [3.05, 3.63) is 95.8 Å². The van der Waals surface area contributed by atoms with Crippen LogP contribution >= 0.6 is 0 Å². The number of aromatic nitrogens is 1. The van der Waals surface area contributed by atoms with Crippen LogP contribution in [0.25, 0.3) is 0 Å². The fourth-order valence-electron chi connectivity index (χ4n) is 3.90. The molecule has 0 radical (unpaired) electrons. The summed E-state index contributed by atoms with van der Waals surface area (Å²) in [6.45, 7) is 1.39. The van der Waals surface area contributed by atoms with Gasteiger partial charge in [0.2, 0.25) is 0 Å². The number of hydrogen-bond acceptors (Lipinski definition) is 4. The summed E-state index contributed by atoms with van der Waals surface area (Å²) >= 11 is 0. The first kappa shape index (κ1) is 19.6. The number of ether oxygens (including phenoxy) is 1. The predicted molar refractivity (Wildman–Crippen MR) is 114 cm³/mol. The number of rotatable bonds is 7. The zero-order valence-corrected chi connectivity index (χ0v) is 16.6. The van der Waals surface area contributed by atoms with E-state index in [0.29, 0.717) is 12.6 Å².